The summed E-state index contributed by atoms with van der Waals surface area (Å²) in [6.07, 6.45) is 4.49. The maximum atomic E-state index is 12.0. The van der Waals surface area contributed by atoms with Crippen molar-refractivity contribution in [3.8, 4) is 0 Å². The molecule has 0 saturated carbocycles. The van der Waals surface area contributed by atoms with Crippen LogP contribution in [0, 0.1) is 0 Å². The first kappa shape index (κ1) is 14.2. The lowest BCUT2D eigenvalue weighted by Gasteiger charge is -2.27. The molecule has 1 unspecified atom stereocenters. The average molecular weight is 277 g/mol. The van der Waals surface area contributed by atoms with Crippen molar-refractivity contribution in [2.24, 2.45) is 0 Å². The Kier molecular flexibility index (Phi) is 5.38. The molecule has 2 heterocycles. The van der Waals surface area contributed by atoms with Crippen molar-refractivity contribution in [2.75, 3.05) is 39.4 Å². The van der Waals surface area contributed by atoms with Gasteiger partial charge >= 0.3 is 0 Å². The molecule has 0 aromatic carbocycles. The summed E-state index contributed by atoms with van der Waals surface area (Å²) in [6.45, 7) is 3.46. The third-order valence-corrected chi connectivity index (χ3v) is 5.11. The van der Waals surface area contributed by atoms with E-state index >= 15 is 0 Å². The molecule has 0 aromatic heterocycles. The van der Waals surface area contributed by atoms with Crippen LogP contribution in [0.3, 0.4) is 0 Å². The number of morpholine rings is 1. The van der Waals surface area contributed by atoms with Crippen molar-refractivity contribution in [3.63, 3.8) is 0 Å². The standard InChI is InChI=1S/C11H23N3O3S/c15-18(16,14-7-9-17-10-8-14)13-6-4-11-3-1-2-5-12-11/h11-13H,1-10H2. The van der Waals surface area contributed by atoms with Gasteiger partial charge in [-0.1, -0.05) is 6.42 Å². The van der Waals surface area contributed by atoms with Crippen LogP contribution in [0.2, 0.25) is 0 Å². The van der Waals surface area contributed by atoms with Crippen LogP contribution in [-0.2, 0) is 14.9 Å². The molecule has 2 saturated heterocycles. The molecule has 2 aliphatic heterocycles. The van der Waals surface area contributed by atoms with E-state index in [2.05, 4.69) is 10.0 Å². The largest absolute Gasteiger partial charge is 0.379 e. The topological polar surface area (TPSA) is 70.7 Å². The molecule has 0 radical (unpaired) electrons. The fraction of sp³-hybridized carbons (Fsp3) is 1.00. The summed E-state index contributed by atoms with van der Waals surface area (Å²) in [6, 6.07) is 0.464. The molecule has 6 nitrogen and oxygen atoms in total. The normalized spacial score (nSPS) is 27.2. The van der Waals surface area contributed by atoms with Gasteiger partial charge in [0, 0.05) is 25.7 Å². The molecular weight excluding hydrogens is 254 g/mol. The summed E-state index contributed by atoms with van der Waals surface area (Å²) >= 11 is 0. The number of rotatable bonds is 5. The lowest BCUT2D eigenvalue weighted by Crippen LogP contribution is -2.47. The van der Waals surface area contributed by atoms with Gasteiger partial charge < -0.3 is 10.1 Å². The van der Waals surface area contributed by atoms with E-state index in [-0.39, 0.29) is 0 Å². The number of piperidine rings is 1. The van der Waals surface area contributed by atoms with Gasteiger partial charge in [-0.25, -0.2) is 4.72 Å². The molecule has 0 spiro atoms. The summed E-state index contributed by atoms with van der Waals surface area (Å²) in [7, 11) is -3.31. The lowest BCUT2D eigenvalue weighted by atomic mass is 10.0. The van der Waals surface area contributed by atoms with Crippen molar-refractivity contribution in [2.45, 2.75) is 31.7 Å². The van der Waals surface area contributed by atoms with E-state index in [4.69, 9.17) is 4.74 Å². The summed E-state index contributed by atoms with van der Waals surface area (Å²) in [5.41, 5.74) is 0. The molecule has 0 aromatic rings. The predicted octanol–water partition coefficient (Wildman–Crippen LogP) is -0.315. The van der Waals surface area contributed by atoms with Crippen LogP contribution in [0.1, 0.15) is 25.7 Å². The van der Waals surface area contributed by atoms with Crippen molar-refractivity contribution < 1.29 is 13.2 Å². The molecule has 0 amide bonds. The van der Waals surface area contributed by atoms with Crippen molar-refractivity contribution >= 4 is 10.2 Å². The molecule has 0 bridgehead atoms. The molecule has 7 heteroatoms. The Morgan fingerprint density at radius 1 is 1.28 bits per heavy atom. The van der Waals surface area contributed by atoms with Gasteiger partial charge in [0.1, 0.15) is 0 Å². The van der Waals surface area contributed by atoms with E-state index in [0.717, 1.165) is 19.4 Å². The summed E-state index contributed by atoms with van der Waals surface area (Å²) < 4.78 is 33.2. The smallest absolute Gasteiger partial charge is 0.279 e. The maximum Gasteiger partial charge on any atom is 0.279 e. The number of nitrogens with one attached hydrogen (secondary N) is 2. The molecule has 2 N–H and O–H groups in total. The predicted molar refractivity (Wildman–Crippen MR) is 69.6 cm³/mol. The van der Waals surface area contributed by atoms with Crippen LogP contribution < -0.4 is 10.0 Å². The second kappa shape index (κ2) is 6.81. The highest BCUT2D eigenvalue weighted by Gasteiger charge is 2.24. The first-order valence-corrected chi connectivity index (χ1v) is 8.18. The lowest BCUT2D eigenvalue weighted by molar-refractivity contribution is 0.0725. The fourth-order valence-electron chi connectivity index (χ4n) is 2.41. The van der Waals surface area contributed by atoms with Crippen LogP contribution in [-0.4, -0.2) is 58.2 Å². The summed E-state index contributed by atoms with van der Waals surface area (Å²) in [4.78, 5) is 0. The Balaban J connectivity index is 1.70. The Bertz CT molecular complexity index is 335. The van der Waals surface area contributed by atoms with Crippen LogP contribution >= 0.6 is 0 Å². The van der Waals surface area contributed by atoms with Crippen molar-refractivity contribution in [1.29, 1.82) is 0 Å². The Morgan fingerprint density at radius 3 is 2.72 bits per heavy atom. The first-order chi connectivity index (χ1) is 8.68. The van der Waals surface area contributed by atoms with E-state index < -0.39 is 10.2 Å². The Labute approximate surface area is 109 Å². The maximum absolute atomic E-state index is 12.0. The third-order valence-electron chi connectivity index (χ3n) is 3.50. The number of ether oxygens (including phenoxy) is 1. The van der Waals surface area contributed by atoms with Gasteiger partial charge in [0.2, 0.25) is 0 Å². The van der Waals surface area contributed by atoms with E-state index in [9.17, 15) is 8.42 Å². The average Bonchev–Trinajstić information content (AvgIpc) is 2.41. The number of hydrogen-bond donors (Lipinski definition) is 2. The zero-order valence-corrected chi connectivity index (χ0v) is 11.5. The van der Waals surface area contributed by atoms with Gasteiger partial charge in [0.05, 0.1) is 13.2 Å². The first-order valence-electron chi connectivity index (χ1n) is 6.74. The SMILES string of the molecule is O=S(=O)(NCCC1CCCCN1)N1CCOCC1. The van der Waals surface area contributed by atoms with Gasteiger partial charge in [0.15, 0.2) is 0 Å². The van der Waals surface area contributed by atoms with Crippen LogP contribution in [0.25, 0.3) is 0 Å². The van der Waals surface area contributed by atoms with Gasteiger partial charge in [-0.3, -0.25) is 0 Å². The molecule has 2 rings (SSSR count). The van der Waals surface area contributed by atoms with Crippen molar-refractivity contribution in [3.05, 3.63) is 0 Å². The van der Waals surface area contributed by atoms with Gasteiger partial charge in [-0.15, -0.1) is 0 Å². The molecule has 2 aliphatic rings. The highest BCUT2D eigenvalue weighted by Crippen LogP contribution is 2.10. The molecule has 2 fully saturated rings. The van der Waals surface area contributed by atoms with E-state index in [1.165, 1.54) is 17.1 Å². The molecule has 1 atom stereocenters. The molecule has 106 valence electrons. The molecular formula is C11H23N3O3S. The third kappa shape index (κ3) is 4.17. The zero-order chi connectivity index (χ0) is 12.8. The van der Waals surface area contributed by atoms with Crippen molar-refractivity contribution in [1.82, 2.24) is 14.3 Å². The van der Waals surface area contributed by atoms with Crippen LogP contribution in [0.5, 0.6) is 0 Å². The fourth-order valence-corrected chi connectivity index (χ4v) is 3.60. The van der Waals surface area contributed by atoms with Gasteiger partial charge in [-0.05, 0) is 25.8 Å². The second-order valence-electron chi connectivity index (χ2n) is 4.85. The quantitative estimate of drug-likeness (QED) is 0.723. The van der Waals surface area contributed by atoms with Gasteiger partial charge in [-0.2, -0.15) is 12.7 Å². The highest BCUT2D eigenvalue weighted by molar-refractivity contribution is 7.87. The minimum absolute atomic E-state index is 0.455. The zero-order valence-electron chi connectivity index (χ0n) is 10.7. The minimum Gasteiger partial charge on any atom is -0.379 e. The van der Waals surface area contributed by atoms with E-state index in [1.54, 1.807) is 0 Å². The number of nitrogens with zero attached hydrogens (tertiary/aromatic N) is 1. The second-order valence-corrected chi connectivity index (χ2v) is 6.60. The Hall–Kier alpha value is -0.210. The summed E-state index contributed by atoms with van der Waals surface area (Å²) in [5.74, 6) is 0. The monoisotopic (exact) mass is 277 g/mol. The summed E-state index contributed by atoms with van der Waals surface area (Å²) in [5, 5.41) is 3.42. The number of hydrogen-bond acceptors (Lipinski definition) is 4. The van der Waals surface area contributed by atoms with E-state index in [1.807, 2.05) is 0 Å². The molecule has 18 heavy (non-hydrogen) atoms. The minimum atomic E-state index is -3.31. The Morgan fingerprint density at radius 2 is 2.06 bits per heavy atom. The highest BCUT2D eigenvalue weighted by atomic mass is 32.2. The molecule has 0 aliphatic carbocycles. The van der Waals surface area contributed by atoms with E-state index in [0.29, 0.717) is 38.9 Å². The van der Waals surface area contributed by atoms with Gasteiger partial charge in [0.25, 0.3) is 10.2 Å². The van der Waals surface area contributed by atoms with Crippen LogP contribution in [0.15, 0.2) is 0 Å². The van der Waals surface area contributed by atoms with Crippen LogP contribution in [0.4, 0.5) is 0 Å².